The molecule has 6 nitrogen and oxygen atoms in total. The largest absolute Gasteiger partial charge is 0.451 e. The summed E-state index contributed by atoms with van der Waals surface area (Å²) in [6, 6.07) is 79.2. The number of hydrogen-bond donors (Lipinski definition) is 0. The van der Waals surface area contributed by atoms with E-state index in [1.165, 1.54) is 43.6 Å². The molecule has 4 aromatic heterocycles. The Hall–Kier alpha value is -9.26. The van der Waals surface area contributed by atoms with Gasteiger partial charge in [0, 0.05) is 123 Å². The van der Waals surface area contributed by atoms with E-state index in [1.54, 1.807) is 0 Å². The second-order valence-electron chi connectivity index (χ2n) is 19.0. The highest BCUT2D eigenvalue weighted by atomic mass is 16.4. The Bertz CT molecular complexity index is 4370. The Kier molecular flexibility index (Phi) is 8.81. The number of para-hydroxylation sites is 4. The minimum atomic E-state index is 0.764. The lowest BCUT2D eigenvalue weighted by atomic mass is 10.0. The summed E-state index contributed by atoms with van der Waals surface area (Å²) in [5.41, 5.74) is 14.8. The van der Waals surface area contributed by atoms with Gasteiger partial charge in [-0.25, -0.2) is 0 Å². The van der Waals surface area contributed by atoms with E-state index >= 15 is 0 Å². The van der Waals surface area contributed by atoms with E-state index in [0.717, 1.165) is 113 Å². The molecule has 0 aliphatic rings. The number of fused-ring (bicyclic) bond motifs is 17. The van der Waals surface area contributed by atoms with Gasteiger partial charge in [-0.2, -0.15) is 0 Å². The second-order valence-corrected chi connectivity index (χ2v) is 19.0. The maximum Gasteiger partial charge on any atom is 0.178 e. The summed E-state index contributed by atoms with van der Waals surface area (Å²) in [6.45, 7) is 6.26. The average Bonchev–Trinajstić information content (AvgIpc) is 4.19. The van der Waals surface area contributed by atoms with Gasteiger partial charge < -0.3 is 27.8 Å². The highest BCUT2D eigenvalue weighted by Crippen LogP contribution is 2.46. The van der Waals surface area contributed by atoms with Gasteiger partial charge in [-0.15, -0.1) is 0 Å². The quantitative estimate of drug-likeness (QED) is 0.152. The molecule has 4 heterocycles. The van der Waals surface area contributed by atoms with Crippen LogP contribution in [-0.2, 0) is 13.1 Å². The Morgan fingerprint density at radius 3 is 1.07 bits per heavy atom. The van der Waals surface area contributed by atoms with Crippen LogP contribution >= 0.6 is 0 Å². The van der Waals surface area contributed by atoms with Crippen LogP contribution in [0.5, 0.6) is 0 Å². The fourth-order valence-electron chi connectivity index (χ4n) is 12.0. The zero-order valence-electron chi connectivity index (χ0n) is 39.8. The van der Waals surface area contributed by atoms with Crippen molar-refractivity contribution >= 4 is 143 Å². The number of benzene rings is 11. The molecule has 15 aromatic rings. The predicted octanol–water partition coefficient (Wildman–Crippen LogP) is 19.0. The van der Waals surface area contributed by atoms with Gasteiger partial charge in [-0.05, 0) is 158 Å². The van der Waals surface area contributed by atoms with Crippen molar-refractivity contribution in [2.24, 2.45) is 0 Å². The van der Waals surface area contributed by atoms with Crippen LogP contribution in [0.4, 0.5) is 34.1 Å². The van der Waals surface area contributed by atoms with Crippen molar-refractivity contribution in [1.29, 1.82) is 0 Å². The van der Waals surface area contributed by atoms with Crippen LogP contribution in [0, 0.1) is 0 Å². The Balaban J connectivity index is 0.841. The average molecular weight is 927 g/mol. The zero-order chi connectivity index (χ0) is 47.6. The second kappa shape index (κ2) is 15.6. The molecular formula is C66H46N4O2. The Morgan fingerprint density at radius 2 is 0.625 bits per heavy atom. The first kappa shape index (κ1) is 40.6. The SMILES string of the molecule is CCn1c2ccccc2c2cc(N(c3ccccc3)c3ccc4c(ccc5c6ccc7c8ccc9cc(N(c%10ccccc%10)c%10ccc%11c(c%10)c%10ccccc%10n%11CC)ccc9c8oc7c6oc45)c3)ccc21. The number of aryl methyl sites for hydroxylation is 2. The van der Waals surface area contributed by atoms with E-state index in [4.69, 9.17) is 8.83 Å². The molecule has 0 unspecified atom stereocenters. The molecule has 0 aliphatic carbocycles. The smallest absolute Gasteiger partial charge is 0.178 e. The standard InChI is InChI=1S/C66H46N4O2/c1-3-67-59-21-13-11-19-51(59)57-39-47(27-35-61(57)67)69(43-15-7-5-8-16-43)45-25-31-49-41(37-45)23-29-53-55-33-34-56-54-30-24-42-38-46(26-32-50(42)64(54)72-66(56)65(55)71-63(49)53)70(44-17-9-6-10-18-44)48-28-36-62-58(40-48)52-20-12-14-22-60(52)68(62)4-2/h5-40H,3-4H2,1-2H3. The fraction of sp³-hybridized carbons (Fsp3) is 0.0606. The summed E-state index contributed by atoms with van der Waals surface area (Å²) >= 11 is 0. The highest BCUT2D eigenvalue weighted by Gasteiger charge is 2.22. The third-order valence-electron chi connectivity index (χ3n) is 15.2. The lowest BCUT2D eigenvalue weighted by Crippen LogP contribution is -2.09. The van der Waals surface area contributed by atoms with Crippen LogP contribution in [0.2, 0.25) is 0 Å². The Labute approximate surface area is 414 Å². The molecule has 72 heavy (non-hydrogen) atoms. The molecule has 15 rings (SSSR count). The molecule has 11 aromatic carbocycles. The molecule has 0 saturated carbocycles. The topological polar surface area (TPSA) is 42.6 Å². The number of rotatable bonds is 8. The Morgan fingerprint density at radius 1 is 0.278 bits per heavy atom. The zero-order valence-corrected chi connectivity index (χ0v) is 39.8. The summed E-state index contributed by atoms with van der Waals surface area (Å²) in [4.78, 5) is 4.71. The van der Waals surface area contributed by atoms with Gasteiger partial charge in [0.1, 0.15) is 11.2 Å². The number of nitrogens with zero attached hydrogens (tertiary/aromatic N) is 4. The van der Waals surface area contributed by atoms with Gasteiger partial charge >= 0.3 is 0 Å². The minimum absolute atomic E-state index is 0.764. The molecular weight excluding hydrogens is 881 g/mol. The molecule has 0 fully saturated rings. The molecule has 0 saturated heterocycles. The van der Waals surface area contributed by atoms with E-state index in [9.17, 15) is 0 Å². The number of aromatic nitrogens is 2. The number of furan rings is 2. The summed E-state index contributed by atoms with van der Waals surface area (Å²) in [6.07, 6.45) is 0. The molecule has 0 spiro atoms. The number of anilines is 6. The van der Waals surface area contributed by atoms with Crippen molar-refractivity contribution in [2.45, 2.75) is 26.9 Å². The first-order valence-corrected chi connectivity index (χ1v) is 25.0. The minimum Gasteiger partial charge on any atom is -0.451 e. The van der Waals surface area contributed by atoms with Crippen molar-refractivity contribution in [1.82, 2.24) is 9.13 Å². The van der Waals surface area contributed by atoms with E-state index in [0.29, 0.717) is 0 Å². The van der Waals surface area contributed by atoms with Crippen molar-refractivity contribution in [3.8, 4) is 0 Å². The molecule has 0 atom stereocenters. The number of hydrogen-bond acceptors (Lipinski definition) is 4. The third-order valence-corrected chi connectivity index (χ3v) is 15.2. The first-order chi connectivity index (χ1) is 35.6. The summed E-state index contributed by atoms with van der Waals surface area (Å²) in [5.74, 6) is 0. The first-order valence-electron chi connectivity index (χ1n) is 25.0. The molecule has 342 valence electrons. The third kappa shape index (κ3) is 5.90. The van der Waals surface area contributed by atoms with Gasteiger partial charge in [-0.3, -0.25) is 0 Å². The summed E-state index contributed by atoms with van der Waals surface area (Å²) < 4.78 is 18.8. The van der Waals surface area contributed by atoms with Crippen molar-refractivity contribution in [3.63, 3.8) is 0 Å². The van der Waals surface area contributed by atoms with Crippen molar-refractivity contribution in [3.05, 3.63) is 218 Å². The van der Waals surface area contributed by atoms with Crippen LogP contribution in [-0.4, -0.2) is 9.13 Å². The monoisotopic (exact) mass is 926 g/mol. The van der Waals surface area contributed by atoms with Crippen LogP contribution in [0.25, 0.3) is 109 Å². The van der Waals surface area contributed by atoms with Crippen LogP contribution < -0.4 is 9.80 Å². The molecule has 0 aliphatic heterocycles. The summed E-state index contributed by atoms with van der Waals surface area (Å²) in [7, 11) is 0. The van der Waals surface area contributed by atoms with Gasteiger partial charge in [0.2, 0.25) is 0 Å². The van der Waals surface area contributed by atoms with Crippen LogP contribution in [0.3, 0.4) is 0 Å². The normalized spacial score (nSPS) is 12.1. The van der Waals surface area contributed by atoms with Crippen molar-refractivity contribution < 1.29 is 8.83 Å². The van der Waals surface area contributed by atoms with Gasteiger partial charge in [-0.1, -0.05) is 84.9 Å². The van der Waals surface area contributed by atoms with E-state index in [1.807, 2.05) is 0 Å². The van der Waals surface area contributed by atoms with E-state index < -0.39 is 0 Å². The van der Waals surface area contributed by atoms with Gasteiger partial charge in [0.05, 0.1) is 0 Å². The van der Waals surface area contributed by atoms with E-state index in [2.05, 4.69) is 251 Å². The maximum atomic E-state index is 6.99. The highest BCUT2D eigenvalue weighted by molar-refractivity contribution is 6.25. The van der Waals surface area contributed by atoms with Gasteiger partial charge in [0.25, 0.3) is 0 Å². The molecule has 0 radical (unpaired) electrons. The molecule has 0 amide bonds. The fourth-order valence-corrected chi connectivity index (χ4v) is 12.0. The molecule has 6 heteroatoms. The van der Waals surface area contributed by atoms with Crippen molar-refractivity contribution in [2.75, 3.05) is 9.80 Å². The lowest BCUT2D eigenvalue weighted by molar-refractivity contribution is 0.637. The summed E-state index contributed by atoms with van der Waals surface area (Å²) in [5, 5.41) is 13.6. The lowest BCUT2D eigenvalue weighted by Gasteiger charge is -2.26. The predicted molar refractivity (Wildman–Crippen MR) is 303 cm³/mol. The van der Waals surface area contributed by atoms with Crippen LogP contribution in [0.15, 0.2) is 227 Å². The molecule has 0 N–H and O–H groups in total. The molecule has 0 bridgehead atoms. The van der Waals surface area contributed by atoms with E-state index in [-0.39, 0.29) is 0 Å². The maximum absolute atomic E-state index is 6.99. The van der Waals surface area contributed by atoms with Crippen LogP contribution in [0.1, 0.15) is 13.8 Å². The van der Waals surface area contributed by atoms with Gasteiger partial charge in [0.15, 0.2) is 11.2 Å².